The number of allylic oxidation sites excluding steroid dienone is 4. The van der Waals surface area contributed by atoms with Gasteiger partial charge in [-0.05, 0) is 88.5 Å². The number of aliphatic hydroxyl groups is 1. The Balaban J connectivity index is 2.21. The average molecular weight is 698 g/mol. The van der Waals surface area contributed by atoms with Crippen molar-refractivity contribution >= 4 is 30.0 Å². The number of halogens is 3. The van der Waals surface area contributed by atoms with Gasteiger partial charge in [-0.3, -0.25) is 19.4 Å². The van der Waals surface area contributed by atoms with Crippen LogP contribution in [0.5, 0.6) is 0 Å². The van der Waals surface area contributed by atoms with Gasteiger partial charge in [0.15, 0.2) is 5.60 Å². The average Bonchev–Trinajstić information content (AvgIpc) is 3.28. The number of nitrogens with zero attached hydrogens (tertiary/aromatic N) is 2. The second kappa shape index (κ2) is 18.0. The quantitative estimate of drug-likeness (QED) is 0.118. The van der Waals surface area contributed by atoms with Crippen LogP contribution in [0.1, 0.15) is 87.5 Å². The van der Waals surface area contributed by atoms with E-state index >= 15 is 0 Å². The SMILES string of the molecule is C=C/C(=C\C(C)=C/C=NCCCCN1C(=O)OC2(C)C(CC)OC(=O)C(C)C(O)C(C)CC(C)CC(C)C(=O)C(C)C12)NC(=O)C(F)(F)F. The lowest BCUT2D eigenvalue weighted by molar-refractivity contribution is -0.174. The summed E-state index contributed by atoms with van der Waals surface area (Å²) >= 11 is 0. The summed E-state index contributed by atoms with van der Waals surface area (Å²) in [6.07, 6.45) is 0.771. The molecule has 0 saturated carbocycles. The van der Waals surface area contributed by atoms with Gasteiger partial charge in [0.2, 0.25) is 0 Å². The Morgan fingerprint density at radius 3 is 2.37 bits per heavy atom. The summed E-state index contributed by atoms with van der Waals surface area (Å²) in [5.74, 6) is -4.46. The van der Waals surface area contributed by atoms with Crippen LogP contribution in [0.3, 0.4) is 0 Å². The van der Waals surface area contributed by atoms with Gasteiger partial charge < -0.3 is 24.8 Å². The second-order valence-electron chi connectivity index (χ2n) is 13.9. The highest BCUT2D eigenvalue weighted by Crippen LogP contribution is 2.41. The first-order valence-electron chi connectivity index (χ1n) is 17.1. The summed E-state index contributed by atoms with van der Waals surface area (Å²) in [5.41, 5.74) is -0.897. The fourth-order valence-corrected chi connectivity index (χ4v) is 7.03. The maximum Gasteiger partial charge on any atom is 0.471 e. The summed E-state index contributed by atoms with van der Waals surface area (Å²) in [4.78, 5) is 57.7. The van der Waals surface area contributed by atoms with Crippen molar-refractivity contribution in [3.05, 3.63) is 36.1 Å². The maximum absolute atomic E-state index is 13.9. The molecule has 2 heterocycles. The number of hydrogen-bond donors (Lipinski definition) is 2. The van der Waals surface area contributed by atoms with Crippen LogP contribution >= 0.6 is 0 Å². The molecule has 0 aromatic carbocycles. The van der Waals surface area contributed by atoms with Crippen molar-refractivity contribution in [1.29, 1.82) is 0 Å². The van der Waals surface area contributed by atoms with Gasteiger partial charge in [0.05, 0.1) is 18.1 Å². The normalized spacial score (nSPS) is 32.7. The molecule has 2 amide bonds. The number of hydrogen-bond acceptors (Lipinski definition) is 8. The number of rotatable bonds is 10. The summed E-state index contributed by atoms with van der Waals surface area (Å²) < 4.78 is 49.6. The van der Waals surface area contributed by atoms with Gasteiger partial charge in [-0.1, -0.05) is 41.2 Å². The summed E-state index contributed by atoms with van der Waals surface area (Å²) in [5, 5.41) is 12.7. The number of esters is 1. The predicted molar refractivity (Wildman–Crippen MR) is 180 cm³/mol. The molecule has 0 spiro atoms. The zero-order valence-corrected chi connectivity index (χ0v) is 30.0. The minimum absolute atomic E-state index is 0.00965. The molecule has 2 rings (SSSR count). The van der Waals surface area contributed by atoms with E-state index < -0.39 is 59.8 Å². The Morgan fingerprint density at radius 2 is 1.78 bits per heavy atom. The first kappa shape index (κ1) is 41.7. The van der Waals surface area contributed by atoms with Gasteiger partial charge in [-0.25, -0.2) is 4.79 Å². The first-order valence-corrected chi connectivity index (χ1v) is 17.1. The summed E-state index contributed by atoms with van der Waals surface area (Å²) in [6, 6.07) is -0.706. The van der Waals surface area contributed by atoms with Crippen LogP contribution < -0.4 is 5.32 Å². The second-order valence-corrected chi connectivity index (χ2v) is 13.9. The Hall–Kier alpha value is -3.48. The van der Waals surface area contributed by atoms with Gasteiger partial charge in [0.1, 0.15) is 11.9 Å². The maximum atomic E-state index is 13.9. The van der Waals surface area contributed by atoms with Gasteiger partial charge in [-0.2, -0.15) is 13.2 Å². The van der Waals surface area contributed by atoms with E-state index in [-0.39, 0.29) is 35.8 Å². The third kappa shape index (κ3) is 11.0. The molecule has 0 aliphatic carbocycles. The number of amides is 2. The van der Waals surface area contributed by atoms with Crippen molar-refractivity contribution < 1.29 is 46.9 Å². The number of Topliss-reactive ketones (excluding diaryl/α,β-unsaturated/α-hetero) is 1. The summed E-state index contributed by atoms with van der Waals surface area (Å²) in [7, 11) is 0. The Bertz CT molecular complexity index is 1300. The number of ketones is 1. The highest BCUT2D eigenvalue weighted by molar-refractivity contribution is 5.85. The molecule has 276 valence electrons. The molecule has 2 aliphatic heterocycles. The van der Waals surface area contributed by atoms with Gasteiger partial charge >= 0.3 is 24.1 Å². The van der Waals surface area contributed by atoms with Crippen molar-refractivity contribution in [2.24, 2.45) is 34.6 Å². The molecular weight excluding hydrogens is 643 g/mol. The van der Waals surface area contributed by atoms with E-state index in [1.165, 1.54) is 12.3 Å². The number of aliphatic hydroxyl groups excluding tert-OH is 1. The van der Waals surface area contributed by atoms with Gasteiger partial charge in [-0.15, -0.1) is 0 Å². The number of carbonyl (C=O) groups excluding carboxylic acids is 4. The molecule has 0 aromatic heterocycles. The smallest absolute Gasteiger partial charge is 0.458 e. The van der Waals surface area contributed by atoms with E-state index in [0.717, 1.165) is 6.08 Å². The fraction of sp³-hybridized carbons (Fsp3) is 0.694. The number of nitrogens with one attached hydrogen (secondary N) is 1. The molecule has 49 heavy (non-hydrogen) atoms. The number of cyclic esters (lactones) is 1. The lowest BCUT2D eigenvalue weighted by Crippen LogP contribution is -2.57. The van der Waals surface area contributed by atoms with E-state index in [1.807, 2.05) is 27.7 Å². The first-order chi connectivity index (χ1) is 22.8. The molecule has 10 nitrogen and oxygen atoms in total. The largest absolute Gasteiger partial charge is 0.471 e. The van der Waals surface area contributed by atoms with E-state index in [2.05, 4.69) is 11.6 Å². The zero-order valence-electron chi connectivity index (χ0n) is 30.0. The predicted octanol–water partition coefficient (Wildman–Crippen LogP) is 6.34. The van der Waals surface area contributed by atoms with Crippen molar-refractivity contribution in [3.8, 4) is 0 Å². The molecule has 0 aromatic rings. The Kier molecular flexibility index (Phi) is 15.3. The third-order valence-corrected chi connectivity index (χ3v) is 9.64. The molecule has 0 bridgehead atoms. The number of unbranched alkanes of at least 4 members (excludes halogenated alkanes) is 1. The van der Waals surface area contributed by atoms with Gasteiger partial charge in [0.25, 0.3) is 0 Å². The molecule has 2 fully saturated rings. The fourth-order valence-electron chi connectivity index (χ4n) is 7.03. The molecule has 9 atom stereocenters. The zero-order chi connectivity index (χ0) is 37.3. The van der Waals surface area contributed by atoms with Gasteiger partial charge in [0, 0.05) is 36.8 Å². The standard InChI is InChI=1S/C36H54F3N3O7/c1-10-27(41-33(46)36(37,38)39)20-21(3)14-16-40-15-12-13-17-42-31-25(7)29(43)23(5)18-22(4)19-24(6)30(44)26(8)32(45)48-28(11-2)35(31,9)49-34(42)47/h10,14,16,20,22-26,28,30-31,44H,1,11-13,15,17-19H2,2-9H3,(H,41,46)/b21-14-,27-20+,40-16?. The number of ether oxygens (including phenoxy) is 2. The Labute approximate surface area is 288 Å². The van der Waals surface area contributed by atoms with E-state index in [9.17, 15) is 37.5 Å². The lowest BCUT2D eigenvalue weighted by atomic mass is 9.75. The highest BCUT2D eigenvalue weighted by atomic mass is 19.4. The third-order valence-electron chi connectivity index (χ3n) is 9.64. The lowest BCUT2D eigenvalue weighted by Gasteiger charge is -2.41. The monoisotopic (exact) mass is 697 g/mol. The van der Waals surface area contributed by atoms with E-state index in [1.54, 1.807) is 44.0 Å². The molecule has 13 heteroatoms. The molecule has 0 radical (unpaired) electrons. The van der Waals surface area contributed by atoms with Crippen molar-refractivity contribution in [2.75, 3.05) is 13.1 Å². The minimum Gasteiger partial charge on any atom is -0.458 e. The van der Waals surface area contributed by atoms with E-state index in [0.29, 0.717) is 44.2 Å². The molecule has 2 N–H and O–H groups in total. The molecular formula is C36H54F3N3O7. The van der Waals surface area contributed by atoms with Crippen LogP contribution in [-0.4, -0.2) is 83.1 Å². The van der Waals surface area contributed by atoms with Crippen molar-refractivity contribution in [1.82, 2.24) is 10.2 Å². The number of carbonyl (C=O) groups is 4. The number of fused-ring (bicyclic) bond motifs is 1. The van der Waals surface area contributed by atoms with E-state index in [4.69, 9.17) is 9.47 Å². The van der Waals surface area contributed by atoms with Crippen molar-refractivity contribution in [3.63, 3.8) is 0 Å². The molecule has 2 aliphatic rings. The Morgan fingerprint density at radius 1 is 1.12 bits per heavy atom. The van der Waals surface area contributed by atoms with Crippen LogP contribution in [0.2, 0.25) is 0 Å². The van der Waals surface area contributed by atoms with Crippen LogP contribution in [0, 0.1) is 29.6 Å². The van der Waals surface area contributed by atoms with Crippen LogP contribution in [0.4, 0.5) is 18.0 Å². The summed E-state index contributed by atoms with van der Waals surface area (Å²) in [6.45, 7) is 18.5. The van der Waals surface area contributed by atoms with Crippen LogP contribution in [-0.2, 0) is 23.9 Å². The molecule has 9 unspecified atom stereocenters. The van der Waals surface area contributed by atoms with Crippen LogP contribution in [0.15, 0.2) is 41.1 Å². The molecule has 2 saturated heterocycles. The number of aliphatic imine (C=N–C) groups is 1. The number of alkyl halides is 3. The van der Waals surface area contributed by atoms with Crippen LogP contribution in [0.25, 0.3) is 0 Å². The van der Waals surface area contributed by atoms with Crippen molar-refractivity contribution in [2.45, 2.75) is 118 Å². The highest BCUT2D eigenvalue weighted by Gasteiger charge is 2.59. The topological polar surface area (TPSA) is 135 Å². The minimum atomic E-state index is -5.02.